The topological polar surface area (TPSA) is 228 Å². The van der Waals surface area contributed by atoms with E-state index in [0.717, 1.165) is 0 Å². The van der Waals surface area contributed by atoms with Crippen LogP contribution in [0.4, 0.5) is 0 Å². The van der Waals surface area contributed by atoms with E-state index in [1.165, 1.54) is 6.92 Å². The number of carbonyl (C=O) groups is 5. The van der Waals surface area contributed by atoms with Gasteiger partial charge in [-0.2, -0.15) is 0 Å². The van der Waals surface area contributed by atoms with E-state index in [4.69, 9.17) is 15.9 Å². The summed E-state index contributed by atoms with van der Waals surface area (Å²) >= 11 is 0. The molecule has 13 nitrogen and oxygen atoms in total. The van der Waals surface area contributed by atoms with Crippen LogP contribution in [-0.2, 0) is 24.0 Å². The Balaban J connectivity index is 4.90. The van der Waals surface area contributed by atoms with Gasteiger partial charge in [0.05, 0.1) is 18.8 Å². The van der Waals surface area contributed by atoms with Crippen molar-refractivity contribution < 1.29 is 44.4 Å². The van der Waals surface area contributed by atoms with Crippen LogP contribution in [0.1, 0.15) is 19.8 Å². The lowest BCUT2D eigenvalue weighted by Crippen LogP contribution is -2.59. The second-order valence-corrected chi connectivity index (χ2v) is 5.62. The molecule has 154 valence electrons. The van der Waals surface area contributed by atoms with Gasteiger partial charge >= 0.3 is 11.9 Å². The van der Waals surface area contributed by atoms with Crippen molar-refractivity contribution in [3.63, 3.8) is 0 Å². The Hall–Kier alpha value is -2.77. The molecule has 4 unspecified atom stereocenters. The standard InChI is InChI=1S/C14H24N4O9/c1-6(20)11(18-12(25)7(15)2-3-9(21)22)14(27)17-8(5-19)13(26)16-4-10(23)24/h6-8,11,19-20H,2-5,15H2,1H3,(H,16,26)(H,17,27)(H,18,25)(H,21,22)(H,23,24). The summed E-state index contributed by atoms with van der Waals surface area (Å²) in [5.41, 5.74) is 5.51. The third-order valence-electron chi connectivity index (χ3n) is 3.30. The number of aliphatic carboxylic acids is 2. The van der Waals surface area contributed by atoms with Crippen LogP contribution in [0.2, 0.25) is 0 Å². The molecule has 0 heterocycles. The highest BCUT2D eigenvalue weighted by Gasteiger charge is 2.31. The predicted molar refractivity (Wildman–Crippen MR) is 88.1 cm³/mol. The third-order valence-corrected chi connectivity index (χ3v) is 3.30. The summed E-state index contributed by atoms with van der Waals surface area (Å²) in [5, 5.41) is 42.1. The van der Waals surface area contributed by atoms with E-state index < -0.39 is 67.0 Å². The van der Waals surface area contributed by atoms with Gasteiger partial charge in [0.1, 0.15) is 18.6 Å². The minimum Gasteiger partial charge on any atom is -0.481 e. The fourth-order valence-corrected chi connectivity index (χ4v) is 1.82. The number of carbonyl (C=O) groups excluding carboxylic acids is 3. The lowest BCUT2D eigenvalue weighted by atomic mass is 10.1. The predicted octanol–water partition coefficient (Wildman–Crippen LogP) is -4.28. The van der Waals surface area contributed by atoms with Crippen LogP contribution < -0.4 is 21.7 Å². The van der Waals surface area contributed by atoms with Crippen molar-refractivity contribution in [1.29, 1.82) is 0 Å². The number of hydrogen-bond donors (Lipinski definition) is 8. The summed E-state index contributed by atoms with van der Waals surface area (Å²) in [6.45, 7) is -0.429. The summed E-state index contributed by atoms with van der Waals surface area (Å²) in [7, 11) is 0. The summed E-state index contributed by atoms with van der Waals surface area (Å²) in [4.78, 5) is 56.7. The highest BCUT2D eigenvalue weighted by atomic mass is 16.4. The van der Waals surface area contributed by atoms with Gasteiger partial charge in [-0.3, -0.25) is 24.0 Å². The molecule has 0 saturated heterocycles. The lowest BCUT2D eigenvalue weighted by molar-refractivity contribution is -0.139. The van der Waals surface area contributed by atoms with Crippen molar-refractivity contribution in [2.75, 3.05) is 13.2 Å². The number of aliphatic hydroxyl groups excluding tert-OH is 2. The van der Waals surface area contributed by atoms with Crippen LogP contribution in [0.15, 0.2) is 0 Å². The lowest BCUT2D eigenvalue weighted by Gasteiger charge is -2.24. The first-order chi connectivity index (χ1) is 12.5. The minimum atomic E-state index is -1.55. The van der Waals surface area contributed by atoms with Crippen molar-refractivity contribution in [2.24, 2.45) is 5.73 Å². The van der Waals surface area contributed by atoms with Crippen LogP contribution in [0.3, 0.4) is 0 Å². The summed E-state index contributed by atoms with van der Waals surface area (Å²) < 4.78 is 0. The molecule has 0 spiro atoms. The SMILES string of the molecule is CC(O)C(NC(=O)C(N)CCC(=O)O)C(=O)NC(CO)C(=O)NCC(=O)O. The van der Waals surface area contributed by atoms with Gasteiger partial charge in [-0.25, -0.2) is 0 Å². The molecule has 13 heteroatoms. The van der Waals surface area contributed by atoms with Crippen LogP contribution >= 0.6 is 0 Å². The molecule has 0 aromatic rings. The zero-order valence-electron chi connectivity index (χ0n) is 14.5. The average Bonchev–Trinajstić information content (AvgIpc) is 2.58. The minimum absolute atomic E-state index is 0.202. The molecule has 9 N–H and O–H groups in total. The van der Waals surface area contributed by atoms with Crippen LogP contribution in [-0.4, -0.2) is 87.5 Å². The molecule has 27 heavy (non-hydrogen) atoms. The highest BCUT2D eigenvalue weighted by molar-refractivity contribution is 5.94. The Morgan fingerprint density at radius 2 is 1.56 bits per heavy atom. The van der Waals surface area contributed by atoms with Crippen molar-refractivity contribution in [2.45, 2.75) is 44.0 Å². The van der Waals surface area contributed by atoms with Gasteiger partial charge < -0.3 is 42.1 Å². The Morgan fingerprint density at radius 1 is 0.963 bits per heavy atom. The molecular weight excluding hydrogens is 368 g/mol. The van der Waals surface area contributed by atoms with Crippen LogP contribution in [0, 0.1) is 0 Å². The maximum absolute atomic E-state index is 12.2. The smallest absolute Gasteiger partial charge is 0.322 e. The Kier molecular flexibility index (Phi) is 10.6. The van der Waals surface area contributed by atoms with Crippen molar-refractivity contribution >= 4 is 29.7 Å². The fraction of sp³-hybridized carbons (Fsp3) is 0.643. The van der Waals surface area contributed by atoms with Gasteiger partial charge in [-0.05, 0) is 13.3 Å². The average molecular weight is 392 g/mol. The number of carboxylic acid groups (broad SMARTS) is 2. The number of nitrogens with one attached hydrogen (secondary N) is 3. The van der Waals surface area contributed by atoms with Crippen molar-refractivity contribution in [1.82, 2.24) is 16.0 Å². The summed E-state index contributed by atoms with van der Waals surface area (Å²) in [6, 6.07) is -4.31. The normalized spacial score (nSPS) is 15.0. The first kappa shape index (κ1) is 24.2. The molecule has 0 aromatic carbocycles. The van der Waals surface area contributed by atoms with Crippen LogP contribution in [0.25, 0.3) is 0 Å². The largest absolute Gasteiger partial charge is 0.481 e. The quantitative estimate of drug-likeness (QED) is 0.159. The number of amides is 3. The molecule has 3 amide bonds. The molecule has 0 aromatic heterocycles. The number of nitrogens with two attached hydrogens (primary N) is 1. The second-order valence-electron chi connectivity index (χ2n) is 5.62. The summed E-state index contributed by atoms with van der Waals surface area (Å²) in [6.07, 6.45) is -2.00. The number of aliphatic hydroxyl groups is 2. The monoisotopic (exact) mass is 392 g/mol. The third kappa shape index (κ3) is 9.48. The maximum Gasteiger partial charge on any atom is 0.322 e. The zero-order valence-corrected chi connectivity index (χ0v) is 14.5. The van der Waals surface area contributed by atoms with Gasteiger partial charge in [-0.15, -0.1) is 0 Å². The molecule has 0 bridgehead atoms. The first-order valence-electron chi connectivity index (χ1n) is 7.86. The van der Waals surface area contributed by atoms with E-state index in [0.29, 0.717) is 0 Å². The summed E-state index contributed by atoms with van der Waals surface area (Å²) in [5.74, 6) is -5.42. The van der Waals surface area contributed by atoms with Gasteiger partial charge in [0.25, 0.3) is 0 Å². The zero-order chi connectivity index (χ0) is 21.1. The Bertz CT molecular complexity index is 567. The van der Waals surface area contributed by atoms with E-state index >= 15 is 0 Å². The van der Waals surface area contributed by atoms with E-state index in [-0.39, 0.29) is 12.8 Å². The number of carboxylic acids is 2. The Morgan fingerprint density at radius 3 is 2.00 bits per heavy atom. The van der Waals surface area contributed by atoms with E-state index in [2.05, 4.69) is 10.6 Å². The Labute approximate surface area is 153 Å². The first-order valence-corrected chi connectivity index (χ1v) is 7.86. The number of rotatable bonds is 12. The molecule has 4 atom stereocenters. The van der Waals surface area contributed by atoms with E-state index in [1.807, 2.05) is 5.32 Å². The van der Waals surface area contributed by atoms with Gasteiger partial charge in [-0.1, -0.05) is 0 Å². The van der Waals surface area contributed by atoms with Crippen LogP contribution in [0.5, 0.6) is 0 Å². The molecule has 0 fully saturated rings. The van der Waals surface area contributed by atoms with Gasteiger partial charge in [0.2, 0.25) is 17.7 Å². The van der Waals surface area contributed by atoms with Gasteiger partial charge in [0.15, 0.2) is 0 Å². The molecule has 0 aliphatic rings. The molecule has 0 saturated carbocycles. The molecule has 0 aliphatic heterocycles. The van der Waals surface area contributed by atoms with E-state index in [9.17, 15) is 34.2 Å². The fourth-order valence-electron chi connectivity index (χ4n) is 1.82. The van der Waals surface area contributed by atoms with E-state index in [1.54, 1.807) is 0 Å². The molecule has 0 rings (SSSR count). The van der Waals surface area contributed by atoms with Crippen molar-refractivity contribution in [3.8, 4) is 0 Å². The molecular formula is C14H24N4O9. The highest BCUT2D eigenvalue weighted by Crippen LogP contribution is 2.00. The second kappa shape index (κ2) is 11.8. The van der Waals surface area contributed by atoms with Crippen molar-refractivity contribution in [3.05, 3.63) is 0 Å². The number of hydrogen-bond acceptors (Lipinski definition) is 8. The van der Waals surface area contributed by atoms with Gasteiger partial charge in [0, 0.05) is 6.42 Å². The molecule has 0 aliphatic carbocycles. The maximum atomic E-state index is 12.2. The molecule has 0 radical (unpaired) electrons.